The maximum Gasteiger partial charge on any atom is 0.303 e. The van der Waals surface area contributed by atoms with Crippen LogP contribution in [0.15, 0.2) is 48.5 Å². The summed E-state index contributed by atoms with van der Waals surface area (Å²) in [6.45, 7) is 0. The second-order valence-corrected chi connectivity index (χ2v) is 4.92. The van der Waals surface area contributed by atoms with Crippen molar-refractivity contribution in [3.05, 3.63) is 59.7 Å². The van der Waals surface area contributed by atoms with E-state index in [1.165, 1.54) is 6.07 Å². The summed E-state index contributed by atoms with van der Waals surface area (Å²) in [5.41, 5.74) is 1.85. The molecular formula is C17H17NO4. The van der Waals surface area contributed by atoms with Gasteiger partial charge in [-0.25, -0.2) is 0 Å². The molecule has 5 heteroatoms. The van der Waals surface area contributed by atoms with Gasteiger partial charge in [0.2, 0.25) is 0 Å². The molecule has 1 amide bonds. The van der Waals surface area contributed by atoms with Crippen molar-refractivity contribution in [2.45, 2.75) is 19.3 Å². The van der Waals surface area contributed by atoms with Crippen LogP contribution in [0.5, 0.6) is 5.75 Å². The van der Waals surface area contributed by atoms with Crippen molar-refractivity contribution in [2.75, 3.05) is 5.32 Å². The van der Waals surface area contributed by atoms with Crippen molar-refractivity contribution >= 4 is 17.6 Å². The second kappa shape index (κ2) is 7.26. The van der Waals surface area contributed by atoms with Crippen LogP contribution in [0.2, 0.25) is 0 Å². The zero-order chi connectivity index (χ0) is 15.9. The highest BCUT2D eigenvalue weighted by Crippen LogP contribution is 2.18. The molecule has 0 saturated carbocycles. The van der Waals surface area contributed by atoms with Gasteiger partial charge in [0.05, 0.1) is 5.56 Å². The molecule has 0 radical (unpaired) electrons. The van der Waals surface area contributed by atoms with Crippen LogP contribution in [-0.2, 0) is 11.2 Å². The van der Waals surface area contributed by atoms with Crippen LogP contribution in [0.4, 0.5) is 5.69 Å². The summed E-state index contributed by atoms with van der Waals surface area (Å²) >= 11 is 0. The minimum Gasteiger partial charge on any atom is -0.507 e. The Morgan fingerprint density at radius 2 is 1.68 bits per heavy atom. The number of hydrogen-bond acceptors (Lipinski definition) is 3. The normalized spacial score (nSPS) is 10.2. The lowest BCUT2D eigenvalue weighted by Gasteiger charge is -2.07. The van der Waals surface area contributed by atoms with Gasteiger partial charge in [-0.1, -0.05) is 24.3 Å². The lowest BCUT2D eigenvalue weighted by molar-refractivity contribution is -0.137. The number of hydrogen-bond donors (Lipinski definition) is 3. The Labute approximate surface area is 128 Å². The number of amides is 1. The van der Waals surface area contributed by atoms with Gasteiger partial charge in [0.25, 0.3) is 5.91 Å². The quantitative estimate of drug-likeness (QED) is 0.765. The van der Waals surface area contributed by atoms with E-state index in [1.807, 2.05) is 12.1 Å². The molecule has 5 nitrogen and oxygen atoms in total. The number of carbonyl (C=O) groups excluding carboxylic acids is 1. The largest absolute Gasteiger partial charge is 0.507 e. The maximum atomic E-state index is 12.0. The van der Waals surface area contributed by atoms with Crippen molar-refractivity contribution in [3.63, 3.8) is 0 Å². The van der Waals surface area contributed by atoms with Crippen molar-refractivity contribution in [2.24, 2.45) is 0 Å². The summed E-state index contributed by atoms with van der Waals surface area (Å²) in [7, 11) is 0. The molecule has 0 aliphatic heterocycles. The number of benzene rings is 2. The minimum absolute atomic E-state index is 0.0645. The van der Waals surface area contributed by atoms with E-state index in [2.05, 4.69) is 5.32 Å². The molecule has 0 fully saturated rings. The Bertz CT molecular complexity index is 665. The van der Waals surface area contributed by atoms with Crippen LogP contribution in [0, 0.1) is 0 Å². The molecule has 0 unspecified atom stereocenters. The Morgan fingerprint density at radius 1 is 1.00 bits per heavy atom. The predicted molar refractivity (Wildman–Crippen MR) is 83.1 cm³/mol. The number of carbonyl (C=O) groups is 2. The number of phenols is 1. The van der Waals surface area contributed by atoms with Gasteiger partial charge in [-0.15, -0.1) is 0 Å². The van der Waals surface area contributed by atoms with Crippen LogP contribution in [0.3, 0.4) is 0 Å². The number of nitrogens with one attached hydrogen (secondary N) is 1. The Balaban J connectivity index is 1.95. The van der Waals surface area contributed by atoms with Crippen LogP contribution >= 0.6 is 0 Å². The van der Waals surface area contributed by atoms with Crippen LogP contribution in [-0.4, -0.2) is 22.1 Å². The third kappa shape index (κ3) is 4.34. The molecular weight excluding hydrogens is 282 g/mol. The van der Waals surface area contributed by atoms with Gasteiger partial charge in [0, 0.05) is 12.1 Å². The fourth-order valence-corrected chi connectivity index (χ4v) is 2.06. The van der Waals surface area contributed by atoms with E-state index in [0.29, 0.717) is 18.5 Å². The van der Waals surface area contributed by atoms with E-state index in [4.69, 9.17) is 5.11 Å². The number of anilines is 1. The first-order chi connectivity index (χ1) is 10.6. The number of para-hydroxylation sites is 1. The lowest BCUT2D eigenvalue weighted by atomic mass is 10.1. The minimum atomic E-state index is -0.799. The highest BCUT2D eigenvalue weighted by atomic mass is 16.4. The molecule has 0 aliphatic carbocycles. The summed E-state index contributed by atoms with van der Waals surface area (Å²) in [6.07, 6.45) is 1.41. The van der Waals surface area contributed by atoms with Gasteiger partial charge in [-0.2, -0.15) is 0 Å². The molecule has 2 aromatic rings. The number of aliphatic carboxylic acids is 1. The molecule has 0 bridgehead atoms. The molecule has 0 spiro atoms. The fourth-order valence-electron chi connectivity index (χ4n) is 2.06. The van der Waals surface area contributed by atoms with Gasteiger partial charge < -0.3 is 15.5 Å². The van der Waals surface area contributed by atoms with E-state index in [9.17, 15) is 14.7 Å². The summed E-state index contributed by atoms with van der Waals surface area (Å²) in [5.74, 6) is -1.24. The molecule has 2 aromatic carbocycles. The number of rotatable bonds is 6. The van der Waals surface area contributed by atoms with Gasteiger partial charge >= 0.3 is 5.97 Å². The second-order valence-electron chi connectivity index (χ2n) is 4.92. The first kappa shape index (κ1) is 15.6. The van der Waals surface area contributed by atoms with Gasteiger partial charge in [0.1, 0.15) is 5.75 Å². The van der Waals surface area contributed by atoms with Crippen molar-refractivity contribution in [1.82, 2.24) is 0 Å². The summed E-state index contributed by atoms with van der Waals surface area (Å²) in [5, 5.41) is 20.9. The summed E-state index contributed by atoms with van der Waals surface area (Å²) in [6, 6.07) is 13.6. The molecule has 0 aliphatic rings. The molecule has 0 heterocycles. The highest BCUT2D eigenvalue weighted by molar-refractivity contribution is 6.06. The Morgan fingerprint density at radius 3 is 2.32 bits per heavy atom. The molecule has 3 N–H and O–H groups in total. The zero-order valence-corrected chi connectivity index (χ0v) is 12.0. The molecule has 22 heavy (non-hydrogen) atoms. The number of carboxylic acids is 1. The molecule has 0 saturated heterocycles. The fraction of sp³-hybridized carbons (Fsp3) is 0.176. The van der Waals surface area contributed by atoms with E-state index >= 15 is 0 Å². The third-order valence-electron chi connectivity index (χ3n) is 3.22. The van der Waals surface area contributed by atoms with Crippen LogP contribution in [0.25, 0.3) is 0 Å². The average molecular weight is 299 g/mol. The third-order valence-corrected chi connectivity index (χ3v) is 3.22. The first-order valence-electron chi connectivity index (χ1n) is 6.96. The average Bonchev–Trinajstić information content (AvgIpc) is 2.49. The zero-order valence-electron chi connectivity index (χ0n) is 12.0. The highest BCUT2D eigenvalue weighted by Gasteiger charge is 2.10. The van der Waals surface area contributed by atoms with E-state index in [-0.39, 0.29) is 23.6 Å². The molecule has 0 atom stereocenters. The van der Waals surface area contributed by atoms with Crippen molar-refractivity contribution in [1.29, 1.82) is 0 Å². The van der Waals surface area contributed by atoms with Crippen molar-refractivity contribution < 1.29 is 19.8 Å². The van der Waals surface area contributed by atoms with Gasteiger partial charge in [-0.3, -0.25) is 9.59 Å². The van der Waals surface area contributed by atoms with Crippen molar-refractivity contribution in [3.8, 4) is 5.75 Å². The van der Waals surface area contributed by atoms with Crippen LogP contribution < -0.4 is 5.32 Å². The Kier molecular flexibility index (Phi) is 5.14. The van der Waals surface area contributed by atoms with Crippen LogP contribution in [0.1, 0.15) is 28.8 Å². The number of phenolic OH excluding ortho intramolecular Hbond substituents is 1. The first-order valence-corrected chi connectivity index (χ1v) is 6.96. The summed E-state index contributed by atoms with van der Waals surface area (Å²) < 4.78 is 0. The molecule has 0 aromatic heterocycles. The number of aryl methyl sites for hydroxylation is 1. The summed E-state index contributed by atoms with van der Waals surface area (Å²) in [4.78, 5) is 22.5. The predicted octanol–water partition coefficient (Wildman–Crippen LogP) is 3.05. The monoisotopic (exact) mass is 299 g/mol. The molecule has 2 rings (SSSR count). The molecule has 114 valence electrons. The number of carboxylic acid groups (broad SMARTS) is 1. The maximum absolute atomic E-state index is 12.0. The standard InChI is InChI=1S/C17H17NO4/c19-15-6-2-1-5-14(15)17(22)18-13-10-8-12(9-11-13)4-3-7-16(20)21/h1-2,5-6,8-11,19H,3-4,7H2,(H,18,22)(H,20,21). The topological polar surface area (TPSA) is 86.6 Å². The van der Waals surface area contributed by atoms with E-state index < -0.39 is 5.97 Å². The lowest BCUT2D eigenvalue weighted by Crippen LogP contribution is -2.11. The smallest absolute Gasteiger partial charge is 0.303 e. The van der Waals surface area contributed by atoms with E-state index in [1.54, 1.807) is 30.3 Å². The van der Waals surface area contributed by atoms with E-state index in [0.717, 1.165) is 5.56 Å². The van der Waals surface area contributed by atoms with Gasteiger partial charge in [-0.05, 0) is 42.7 Å². The SMILES string of the molecule is O=C(O)CCCc1ccc(NC(=O)c2ccccc2O)cc1. The van der Waals surface area contributed by atoms with Gasteiger partial charge in [0.15, 0.2) is 0 Å². The Hall–Kier alpha value is -2.82. The number of aromatic hydroxyl groups is 1.